The maximum atomic E-state index is 12.0. The number of nitrogens with one attached hydrogen (secondary N) is 2. The van der Waals surface area contributed by atoms with Crippen molar-refractivity contribution in [3.63, 3.8) is 0 Å². The highest BCUT2D eigenvalue weighted by Crippen LogP contribution is 2.25. The van der Waals surface area contributed by atoms with Gasteiger partial charge in [-0.05, 0) is 17.5 Å². The van der Waals surface area contributed by atoms with Crippen LogP contribution in [0.3, 0.4) is 0 Å². The Morgan fingerprint density at radius 3 is 2.84 bits per heavy atom. The minimum absolute atomic E-state index is 0.00841. The molecule has 1 amide bonds. The molecule has 0 bridgehead atoms. The molecule has 2 aromatic heterocycles. The number of carbonyl (C=O) groups excluding carboxylic acids is 1. The fourth-order valence-corrected chi connectivity index (χ4v) is 2.84. The molecule has 0 aliphatic rings. The van der Waals surface area contributed by atoms with Gasteiger partial charge in [-0.1, -0.05) is 23.4 Å². The lowest BCUT2D eigenvalue weighted by atomic mass is 10.2. The van der Waals surface area contributed by atoms with E-state index in [0.29, 0.717) is 18.0 Å². The molecule has 0 atom stereocenters. The van der Waals surface area contributed by atoms with Gasteiger partial charge in [0.2, 0.25) is 0 Å². The van der Waals surface area contributed by atoms with Crippen LogP contribution < -0.4 is 10.6 Å². The summed E-state index contributed by atoms with van der Waals surface area (Å²) in [6.07, 6.45) is 0. The van der Waals surface area contributed by atoms with E-state index < -0.39 is 4.92 Å². The van der Waals surface area contributed by atoms with Crippen LogP contribution in [0, 0.1) is 10.1 Å². The average molecular weight is 358 g/mol. The first-order chi connectivity index (χ1) is 12.1. The molecular weight excluding hydrogens is 344 g/mol. The molecule has 0 spiro atoms. The average Bonchev–Trinajstić information content (AvgIpc) is 3.29. The van der Waals surface area contributed by atoms with Crippen molar-refractivity contribution in [2.24, 2.45) is 0 Å². The number of nitro groups is 1. The summed E-state index contributed by atoms with van der Waals surface area (Å²) in [4.78, 5) is 23.4. The Labute approximate surface area is 146 Å². The number of nitro benzene ring substituents is 1. The molecule has 0 aliphatic carbocycles. The van der Waals surface area contributed by atoms with Crippen LogP contribution in [-0.4, -0.2) is 29.1 Å². The van der Waals surface area contributed by atoms with E-state index in [4.69, 9.17) is 4.52 Å². The summed E-state index contributed by atoms with van der Waals surface area (Å²) in [5.74, 6) is 0.175. The van der Waals surface area contributed by atoms with E-state index in [-0.39, 0.29) is 23.8 Å². The monoisotopic (exact) mass is 358 g/mol. The molecule has 128 valence electrons. The van der Waals surface area contributed by atoms with Crippen LogP contribution in [0.15, 0.2) is 52.4 Å². The van der Waals surface area contributed by atoms with Crippen molar-refractivity contribution in [2.75, 3.05) is 18.4 Å². The van der Waals surface area contributed by atoms with E-state index in [1.165, 1.54) is 17.4 Å². The van der Waals surface area contributed by atoms with Gasteiger partial charge in [0.25, 0.3) is 11.6 Å². The van der Waals surface area contributed by atoms with E-state index >= 15 is 0 Å². The van der Waals surface area contributed by atoms with Gasteiger partial charge in [-0.3, -0.25) is 14.9 Å². The van der Waals surface area contributed by atoms with Gasteiger partial charge in [-0.15, -0.1) is 11.3 Å². The maximum absolute atomic E-state index is 12.0. The number of benzene rings is 1. The van der Waals surface area contributed by atoms with Crippen LogP contribution in [-0.2, 0) is 0 Å². The van der Waals surface area contributed by atoms with Crippen LogP contribution in [0.1, 0.15) is 10.5 Å². The first kappa shape index (κ1) is 16.7. The molecule has 0 fully saturated rings. The summed E-state index contributed by atoms with van der Waals surface area (Å²) in [5, 5.41) is 22.2. The van der Waals surface area contributed by atoms with Crippen molar-refractivity contribution in [3.05, 3.63) is 63.7 Å². The molecule has 2 heterocycles. The Morgan fingerprint density at radius 1 is 1.24 bits per heavy atom. The van der Waals surface area contributed by atoms with Crippen LogP contribution in [0.2, 0.25) is 0 Å². The second-order valence-electron chi connectivity index (χ2n) is 5.01. The van der Waals surface area contributed by atoms with Gasteiger partial charge < -0.3 is 15.2 Å². The Morgan fingerprint density at radius 2 is 2.08 bits per heavy atom. The SMILES string of the molecule is O=C(NCCNc1ccccc1[N+](=O)[O-])c1cc(-c2cccs2)on1. The smallest absolute Gasteiger partial charge is 0.292 e. The summed E-state index contributed by atoms with van der Waals surface area (Å²) < 4.78 is 5.16. The Kier molecular flexibility index (Phi) is 5.05. The molecule has 9 heteroatoms. The van der Waals surface area contributed by atoms with Gasteiger partial charge in [-0.25, -0.2) is 0 Å². The minimum atomic E-state index is -0.456. The van der Waals surface area contributed by atoms with Crippen molar-refractivity contribution >= 4 is 28.6 Å². The van der Waals surface area contributed by atoms with E-state index in [1.54, 1.807) is 24.3 Å². The van der Waals surface area contributed by atoms with Crippen molar-refractivity contribution in [3.8, 4) is 10.6 Å². The first-order valence-electron chi connectivity index (χ1n) is 7.41. The summed E-state index contributed by atoms with van der Waals surface area (Å²) in [6.45, 7) is 0.623. The number of anilines is 1. The molecule has 3 rings (SSSR count). The summed E-state index contributed by atoms with van der Waals surface area (Å²) in [7, 11) is 0. The number of thiophene rings is 1. The van der Waals surface area contributed by atoms with Crippen LogP contribution in [0.5, 0.6) is 0 Å². The minimum Gasteiger partial charge on any atom is -0.378 e. The summed E-state index contributed by atoms with van der Waals surface area (Å²) in [5.41, 5.74) is 0.586. The lowest BCUT2D eigenvalue weighted by Crippen LogP contribution is -2.29. The molecule has 1 aromatic carbocycles. The summed E-state index contributed by atoms with van der Waals surface area (Å²) in [6, 6.07) is 11.7. The zero-order valence-corrected chi connectivity index (χ0v) is 13.8. The Hall–Kier alpha value is -3.20. The third-order valence-electron chi connectivity index (χ3n) is 3.33. The fourth-order valence-electron chi connectivity index (χ4n) is 2.16. The molecule has 0 unspecified atom stereocenters. The number of para-hydroxylation sites is 2. The first-order valence-corrected chi connectivity index (χ1v) is 8.29. The van der Waals surface area contributed by atoms with Crippen molar-refractivity contribution < 1.29 is 14.2 Å². The molecule has 3 aromatic rings. The van der Waals surface area contributed by atoms with Crippen LogP contribution >= 0.6 is 11.3 Å². The number of nitrogens with zero attached hydrogens (tertiary/aromatic N) is 2. The van der Waals surface area contributed by atoms with Crippen molar-refractivity contribution in [1.29, 1.82) is 0 Å². The molecular formula is C16H14N4O4S. The highest BCUT2D eigenvalue weighted by molar-refractivity contribution is 7.13. The second-order valence-corrected chi connectivity index (χ2v) is 5.96. The molecule has 2 N–H and O–H groups in total. The number of aromatic nitrogens is 1. The molecule has 25 heavy (non-hydrogen) atoms. The Bertz CT molecular complexity index is 876. The predicted octanol–water partition coefficient (Wildman–Crippen LogP) is 3.15. The number of amides is 1. The fraction of sp³-hybridized carbons (Fsp3) is 0.125. The maximum Gasteiger partial charge on any atom is 0.292 e. The second kappa shape index (κ2) is 7.58. The molecule has 8 nitrogen and oxygen atoms in total. The topological polar surface area (TPSA) is 110 Å². The van der Waals surface area contributed by atoms with Crippen molar-refractivity contribution in [2.45, 2.75) is 0 Å². The highest BCUT2D eigenvalue weighted by atomic mass is 32.1. The third kappa shape index (κ3) is 4.01. The molecule has 0 radical (unpaired) electrons. The lowest BCUT2D eigenvalue weighted by molar-refractivity contribution is -0.384. The lowest BCUT2D eigenvalue weighted by Gasteiger charge is -2.07. The zero-order chi connectivity index (χ0) is 17.6. The van der Waals surface area contributed by atoms with E-state index in [2.05, 4.69) is 15.8 Å². The van der Waals surface area contributed by atoms with Gasteiger partial charge in [0.15, 0.2) is 11.5 Å². The van der Waals surface area contributed by atoms with Gasteiger partial charge in [0.1, 0.15) is 5.69 Å². The van der Waals surface area contributed by atoms with Crippen LogP contribution in [0.4, 0.5) is 11.4 Å². The normalized spacial score (nSPS) is 10.4. The quantitative estimate of drug-likeness (QED) is 0.381. The van der Waals surface area contributed by atoms with Crippen molar-refractivity contribution in [1.82, 2.24) is 10.5 Å². The highest BCUT2D eigenvalue weighted by Gasteiger charge is 2.14. The largest absolute Gasteiger partial charge is 0.378 e. The van der Waals surface area contributed by atoms with Gasteiger partial charge in [0, 0.05) is 25.2 Å². The van der Waals surface area contributed by atoms with Crippen LogP contribution in [0.25, 0.3) is 10.6 Å². The number of rotatable bonds is 7. The number of hydrogen-bond acceptors (Lipinski definition) is 7. The number of carbonyl (C=O) groups is 1. The molecule has 0 aliphatic heterocycles. The van der Waals surface area contributed by atoms with E-state index in [1.807, 2.05) is 17.5 Å². The zero-order valence-electron chi connectivity index (χ0n) is 13.0. The van der Waals surface area contributed by atoms with Gasteiger partial charge >= 0.3 is 0 Å². The molecule has 0 saturated carbocycles. The molecule has 0 saturated heterocycles. The Balaban J connectivity index is 1.51. The number of hydrogen-bond donors (Lipinski definition) is 2. The summed E-state index contributed by atoms with van der Waals surface area (Å²) >= 11 is 1.49. The van der Waals surface area contributed by atoms with Gasteiger partial charge in [0.05, 0.1) is 9.80 Å². The standard InChI is InChI=1S/C16H14N4O4S/c21-16(12-10-14(24-19-12)15-6-3-9-25-15)18-8-7-17-11-4-1-2-5-13(11)20(22)23/h1-6,9-10,17H,7-8H2,(H,18,21). The van der Waals surface area contributed by atoms with E-state index in [9.17, 15) is 14.9 Å². The van der Waals surface area contributed by atoms with E-state index in [0.717, 1.165) is 4.88 Å². The predicted molar refractivity (Wildman–Crippen MR) is 93.7 cm³/mol. The third-order valence-corrected chi connectivity index (χ3v) is 4.22. The van der Waals surface area contributed by atoms with Gasteiger partial charge in [-0.2, -0.15) is 0 Å².